The fraction of sp³-hybridized carbons (Fsp3) is 0. The van der Waals surface area contributed by atoms with E-state index in [0.29, 0.717) is 28.7 Å². The molecule has 0 amide bonds. The Morgan fingerprint density at radius 1 is 1.33 bits per heavy atom. The summed E-state index contributed by atoms with van der Waals surface area (Å²) in [6.07, 6.45) is 1.51. The van der Waals surface area contributed by atoms with Crippen molar-refractivity contribution in [2.45, 2.75) is 0 Å². The van der Waals surface area contributed by atoms with Gasteiger partial charge in [-0.15, -0.1) is 0 Å². The Bertz CT molecular complexity index is 678. The van der Waals surface area contributed by atoms with Gasteiger partial charge in [0.1, 0.15) is 0 Å². The van der Waals surface area contributed by atoms with Crippen molar-refractivity contribution < 1.29 is 4.52 Å². The fourth-order valence-corrected chi connectivity index (χ4v) is 1.85. The van der Waals surface area contributed by atoms with Gasteiger partial charge in [0.2, 0.25) is 5.82 Å². The number of H-pyrrole nitrogens is 1. The van der Waals surface area contributed by atoms with Crippen LogP contribution >= 0.6 is 15.9 Å². The molecule has 0 bridgehead atoms. The van der Waals surface area contributed by atoms with Crippen molar-refractivity contribution in [3.8, 4) is 23.0 Å². The molecule has 1 aromatic carbocycles. The molecule has 3 aromatic rings. The molecular weight excluding hydrogens is 300 g/mol. The maximum atomic E-state index is 5.89. The van der Waals surface area contributed by atoms with Crippen LogP contribution in [0.4, 0.5) is 5.69 Å². The third kappa shape index (κ3) is 1.86. The number of anilines is 1. The Hall–Kier alpha value is -2.22. The standard InChI is InChI=1S/C10H7BrN6O/c11-5-1-2-6(7(12)3-5)10-14-9(16-18-10)8-4-13-17-15-8/h1-4H,12H2,(H,13,15,17). The Balaban J connectivity index is 2.03. The maximum Gasteiger partial charge on any atom is 0.260 e. The number of rotatable bonds is 2. The van der Waals surface area contributed by atoms with E-state index in [4.69, 9.17) is 10.3 Å². The first-order chi connectivity index (χ1) is 8.74. The molecule has 8 heteroatoms. The first-order valence-corrected chi connectivity index (χ1v) is 5.78. The summed E-state index contributed by atoms with van der Waals surface area (Å²) in [5.41, 5.74) is 7.64. The minimum Gasteiger partial charge on any atom is -0.398 e. The van der Waals surface area contributed by atoms with E-state index in [9.17, 15) is 0 Å². The average Bonchev–Trinajstić information content (AvgIpc) is 2.99. The first-order valence-electron chi connectivity index (χ1n) is 4.99. The van der Waals surface area contributed by atoms with Gasteiger partial charge in [-0.2, -0.15) is 20.4 Å². The van der Waals surface area contributed by atoms with Gasteiger partial charge in [0.05, 0.1) is 11.8 Å². The van der Waals surface area contributed by atoms with Gasteiger partial charge < -0.3 is 10.3 Å². The van der Waals surface area contributed by atoms with Crippen LogP contribution < -0.4 is 5.73 Å². The highest BCUT2D eigenvalue weighted by Gasteiger charge is 2.14. The van der Waals surface area contributed by atoms with E-state index in [1.54, 1.807) is 12.1 Å². The fourth-order valence-electron chi connectivity index (χ4n) is 1.47. The first kappa shape index (κ1) is 10.9. The molecule has 3 N–H and O–H groups in total. The summed E-state index contributed by atoms with van der Waals surface area (Å²) in [7, 11) is 0. The second-order valence-corrected chi connectivity index (χ2v) is 4.43. The van der Waals surface area contributed by atoms with Gasteiger partial charge in [-0.3, -0.25) is 0 Å². The predicted octanol–water partition coefficient (Wildman–Crippen LogP) is 1.87. The van der Waals surface area contributed by atoms with Crippen molar-refractivity contribution in [1.82, 2.24) is 25.6 Å². The zero-order valence-corrected chi connectivity index (χ0v) is 10.5. The van der Waals surface area contributed by atoms with E-state index in [1.807, 2.05) is 6.07 Å². The van der Waals surface area contributed by atoms with Gasteiger partial charge in [0, 0.05) is 10.2 Å². The SMILES string of the molecule is Nc1cc(Br)ccc1-c1nc(-c2cn[nH]n2)no1. The van der Waals surface area contributed by atoms with Crippen molar-refractivity contribution in [2.75, 3.05) is 5.73 Å². The van der Waals surface area contributed by atoms with E-state index >= 15 is 0 Å². The normalized spacial score (nSPS) is 10.7. The number of nitrogens with one attached hydrogen (secondary N) is 1. The monoisotopic (exact) mass is 306 g/mol. The van der Waals surface area contributed by atoms with Crippen LogP contribution in [0.5, 0.6) is 0 Å². The zero-order chi connectivity index (χ0) is 12.5. The van der Waals surface area contributed by atoms with Crippen LogP contribution in [-0.4, -0.2) is 25.6 Å². The predicted molar refractivity (Wildman–Crippen MR) is 67.2 cm³/mol. The lowest BCUT2D eigenvalue weighted by molar-refractivity contribution is 0.432. The molecule has 0 saturated heterocycles. The zero-order valence-electron chi connectivity index (χ0n) is 8.96. The van der Waals surface area contributed by atoms with Crippen LogP contribution in [0.15, 0.2) is 33.4 Å². The third-order valence-electron chi connectivity index (χ3n) is 2.31. The highest BCUT2D eigenvalue weighted by Crippen LogP contribution is 2.28. The van der Waals surface area contributed by atoms with E-state index in [0.717, 1.165) is 4.47 Å². The number of nitrogens with zero attached hydrogens (tertiary/aromatic N) is 4. The minimum atomic E-state index is 0.345. The largest absolute Gasteiger partial charge is 0.398 e. The number of benzene rings is 1. The molecule has 18 heavy (non-hydrogen) atoms. The quantitative estimate of drug-likeness (QED) is 0.700. The molecule has 0 aliphatic heterocycles. The number of halogens is 1. The van der Waals surface area contributed by atoms with E-state index in [-0.39, 0.29) is 0 Å². The van der Waals surface area contributed by atoms with Crippen molar-refractivity contribution >= 4 is 21.6 Å². The van der Waals surface area contributed by atoms with Crippen molar-refractivity contribution in [1.29, 1.82) is 0 Å². The van der Waals surface area contributed by atoms with Gasteiger partial charge in [-0.1, -0.05) is 21.1 Å². The number of aromatic nitrogens is 5. The molecular formula is C10H7BrN6O. The summed E-state index contributed by atoms with van der Waals surface area (Å²) < 4.78 is 6.05. The van der Waals surface area contributed by atoms with Gasteiger partial charge in [-0.05, 0) is 18.2 Å². The van der Waals surface area contributed by atoms with Crippen LogP contribution in [0.25, 0.3) is 23.0 Å². The number of hydrogen-bond acceptors (Lipinski definition) is 6. The number of aromatic amines is 1. The van der Waals surface area contributed by atoms with Crippen LogP contribution in [0, 0.1) is 0 Å². The second-order valence-electron chi connectivity index (χ2n) is 3.51. The van der Waals surface area contributed by atoms with E-state index < -0.39 is 0 Å². The van der Waals surface area contributed by atoms with E-state index in [2.05, 4.69) is 41.5 Å². The van der Waals surface area contributed by atoms with Crippen molar-refractivity contribution in [3.63, 3.8) is 0 Å². The molecule has 0 saturated carbocycles. The molecule has 90 valence electrons. The molecule has 0 atom stereocenters. The summed E-state index contributed by atoms with van der Waals surface area (Å²) in [5.74, 6) is 0.707. The Morgan fingerprint density at radius 3 is 2.94 bits per heavy atom. The Kier molecular flexibility index (Phi) is 2.56. The number of nitrogen functional groups attached to an aromatic ring is 1. The summed E-state index contributed by atoms with van der Waals surface area (Å²) >= 11 is 3.34. The average molecular weight is 307 g/mol. The topological polar surface area (TPSA) is 107 Å². The van der Waals surface area contributed by atoms with Crippen LogP contribution in [0.1, 0.15) is 0 Å². The molecule has 7 nitrogen and oxygen atoms in total. The molecule has 0 aliphatic carbocycles. The lowest BCUT2D eigenvalue weighted by atomic mass is 10.2. The lowest BCUT2D eigenvalue weighted by Crippen LogP contribution is -1.90. The number of nitrogens with two attached hydrogens (primary N) is 1. The molecule has 0 fully saturated rings. The summed E-state index contributed by atoms with van der Waals surface area (Å²) in [4.78, 5) is 4.22. The molecule has 0 unspecified atom stereocenters. The highest BCUT2D eigenvalue weighted by molar-refractivity contribution is 9.10. The summed E-state index contributed by atoms with van der Waals surface area (Å²) in [6, 6.07) is 5.43. The summed E-state index contributed by atoms with van der Waals surface area (Å²) in [5, 5.41) is 13.9. The third-order valence-corrected chi connectivity index (χ3v) is 2.81. The molecule has 0 aliphatic rings. The van der Waals surface area contributed by atoms with Crippen LogP contribution in [0.2, 0.25) is 0 Å². The van der Waals surface area contributed by atoms with Crippen molar-refractivity contribution in [2.24, 2.45) is 0 Å². The van der Waals surface area contributed by atoms with E-state index in [1.165, 1.54) is 6.20 Å². The molecule has 2 heterocycles. The van der Waals surface area contributed by atoms with Gasteiger partial charge >= 0.3 is 0 Å². The molecule has 0 spiro atoms. The van der Waals surface area contributed by atoms with Crippen molar-refractivity contribution in [3.05, 3.63) is 28.9 Å². The lowest BCUT2D eigenvalue weighted by Gasteiger charge is -2.00. The van der Waals surface area contributed by atoms with Crippen LogP contribution in [-0.2, 0) is 0 Å². The maximum absolute atomic E-state index is 5.89. The molecule has 2 aromatic heterocycles. The minimum absolute atomic E-state index is 0.345. The number of hydrogen-bond donors (Lipinski definition) is 2. The Morgan fingerprint density at radius 2 is 2.22 bits per heavy atom. The summed E-state index contributed by atoms with van der Waals surface area (Å²) in [6.45, 7) is 0. The van der Waals surface area contributed by atoms with Crippen LogP contribution in [0.3, 0.4) is 0 Å². The smallest absolute Gasteiger partial charge is 0.260 e. The van der Waals surface area contributed by atoms with Gasteiger partial charge in [0.15, 0.2) is 5.69 Å². The second kappa shape index (κ2) is 4.22. The van der Waals surface area contributed by atoms with Gasteiger partial charge in [0.25, 0.3) is 5.89 Å². The highest BCUT2D eigenvalue weighted by atomic mass is 79.9. The molecule has 0 radical (unpaired) electrons. The molecule has 3 rings (SSSR count). The Labute approximate surface area is 110 Å². The van der Waals surface area contributed by atoms with Gasteiger partial charge in [-0.25, -0.2) is 0 Å².